The molecule has 0 radical (unpaired) electrons. The number of likely N-dealkylation sites (N-methyl/N-ethyl adjacent to an activating group) is 1. The normalized spacial score (nSPS) is 22.1. The molecule has 100 valence electrons. The Morgan fingerprint density at radius 3 is 2.65 bits per heavy atom. The molecule has 0 aromatic rings. The summed E-state index contributed by atoms with van der Waals surface area (Å²) in [6.45, 7) is 7.13. The van der Waals surface area contributed by atoms with Gasteiger partial charge in [-0.1, -0.05) is 13.8 Å². The van der Waals surface area contributed by atoms with E-state index in [1.807, 2.05) is 0 Å². The van der Waals surface area contributed by atoms with E-state index in [1.165, 1.54) is 0 Å². The van der Waals surface area contributed by atoms with Crippen LogP contribution in [0.1, 0.15) is 26.7 Å². The van der Waals surface area contributed by atoms with Crippen molar-refractivity contribution in [1.82, 2.24) is 15.5 Å². The van der Waals surface area contributed by atoms with Gasteiger partial charge in [0.1, 0.15) is 0 Å². The summed E-state index contributed by atoms with van der Waals surface area (Å²) in [6.07, 6.45) is 2.02. The van der Waals surface area contributed by atoms with Crippen molar-refractivity contribution >= 4 is 5.91 Å². The maximum absolute atomic E-state index is 12.0. The number of carbonyl (C=O) groups excluding carboxylic acids is 1. The molecule has 1 aliphatic heterocycles. The minimum Gasteiger partial charge on any atom is -0.352 e. The predicted octanol–water partition coefficient (Wildman–Crippen LogP) is 0.688. The number of hydrogen-bond acceptors (Lipinski definition) is 3. The molecule has 0 bridgehead atoms. The van der Waals surface area contributed by atoms with E-state index in [9.17, 15) is 4.79 Å². The summed E-state index contributed by atoms with van der Waals surface area (Å²) < 4.78 is 0. The zero-order valence-corrected chi connectivity index (χ0v) is 11.6. The van der Waals surface area contributed by atoms with Crippen molar-refractivity contribution in [1.29, 1.82) is 0 Å². The van der Waals surface area contributed by atoms with Crippen LogP contribution in [0, 0.1) is 11.8 Å². The molecule has 1 amide bonds. The maximum atomic E-state index is 12.0. The van der Waals surface area contributed by atoms with Crippen LogP contribution in [0.3, 0.4) is 0 Å². The Labute approximate surface area is 105 Å². The highest BCUT2D eigenvalue weighted by Crippen LogP contribution is 2.10. The molecule has 1 saturated heterocycles. The van der Waals surface area contributed by atoms with Gasteiger partial charge >= 0.3 is 0 Å². The van der Waals surface area contributed by atoms with Gasteiger partial charge in [0.05, 0.1) is 5.92 Å². The van der Waals surface area contributed by atoms with Gasteiger partial charge < -0.3 is 15.5 Å². The van der Waals surface area contributed by atoms with Gasteiger partial charge in [0, 0.05) is 19.1 Å². The van der Waals surface area contributed by atoms with Crippen LogP contribution in [0.15, 0.2) is 0 Å². The number of hydrogen-bond donors (Lipinski definition) is 2. The van der Waals surface area contributed by atoms with Gasteiger partial charge in [-0.2, -0.15) is 0 Å². The largest absolute Gasteiger partial charge is 0.352 e. The fourth-order valence-electron chi connectivity index (χ4n) is 2.39. The number of amides is 1. The monoisotopic (exact) mass is 241 g/mol. The minimum absolute atomic E-state index is 0.173. The van der Waals surface area contributed by atoms with Gasteiger partial charge in [0.25, 0.3) is 0 Å². The molecule has 4 heteroatoms. The highest BCUT2D eigenvalue weighted by Gasteiger charge is 2.24. The van der Waals surface area contributed by atoms with Crippen molar-refractivity contribution < 1.29 is 4.79 Å². The molecule has 1 fully saturated rings. The second-order valence-corrected chi connectivity index (χ2v) is 5.79. The highest BCUT2D eigenvalue weighted by atomic mass is 16.2. The smallest absolute Gasteiger partial charge is 0.224 e. The van der Waals surface area contributed by atoms with Gasteiger partial charge in [-0.3, -0.25) is 4.79 Å². The zero-order valence-electron chi connectivity index (χ0n) is 11.6. The molecule has 2 atom stereocenters. The van der Waals surface area contributed by atoms with E-state index in [0.717, 1.165) is 32.5 Å². The van der Waals surface area contributed by atoms with E-state index >= 15 is 0 Å². The number of nitrogens with one attached hydrogen (secondary N) is 2. The van der Waals surface area contributed by atoms with Crippen molar-refractivity contribution in [3.05, 3.63) is 0 Å². The topological polar surface area (TPSA) is 44.4 Å². The Morgan fingerprint density at radius 1 is 1.47 bits per heavy atom. The molecule has 2 unspecified atom stereocenters. The lowest BCUT2D eigenvalue weighted by Crippen LogP contribution is -2.45. The van der Waals surface area contributed by atoms with Gasteiger partial charge in [-0.15, -0.1) is 0 Å². The van der Waals surface area contributed by atoms with E-state index in [4.69, 9.17) is 0 Å². The van der Waals surface area contributed by atoms with E-state index < -0.39 is 0 Å². The molecule has 0 aromatic carbocycles. The Balaban J connectivity index is 2.43. The molecule has 0 aliphatic carbocycles. The first-order valence-corrected chi connectivity index (χ1v) is 6.65. The molecule has 1 rings (SSSR count). The van der Waals surface area contributed by atoms with Crippen LogP contribution < -0.4 is 10.6 Å². The van der Waals surface area contributed by atoms with Crippen LogP contribution in [-0.4, -0.2) is 50.6 Å². The third-order valence-electron chi connectivity index (χ3n) is 3.12. The predicted molar refractivity (Wildman–Crippen MR) is 70.9 cm³/mol. The lowest BCUT2D eigenvalue weighted by molar-refractivity contribution is -0.125. The van der Waals surface area contributed by atoms with Crippen LogP contribution in [0.5, 0.6) is 0 Å². The molecule has 17 heavy (non-hydrogen) atoms. The molecule has 4 nitrogen and oxygen atoms in total. The summed E-state index contributed by atoms with van der Waals surface area (Å²) in [5, 5.41) is 6.44. The van der Waals surface area contributed by atoms with E-state index in [0.29, 0.717) is 5.92 Å². The Bertz CT molecular complexity index is 225. The minimum atomic E-state index is 0.173. The van der Waals surface area contributed by atoms with Crippen LogP contribution in [0.4, 0.5) is 0 Å². The van der Waals surface area contributed by atoms with E-state index in [1.54, 1.807) is 0 Å². The first kappa shape index (κ1) is 14.5. The highest BCUT2D eigenvalue weighted by molar-refractivity contribution is 5.79. The number of nitrogens with zero attached hydrogens (tertiary/aromatic N) is 1. The fraction of sp³-hybridized carbons (Fsp3) is 0.923. The second kappa shape index (κ2) is 6.97. The third-order valence-corrected chi connectivity index (χ3v) is 3.12. The summed E-state index contributed by atoms with van der Waals surface area (Å²) in [5.74, 6) is 1.01. The molecular formula is C13H27N3O. The summed E-state index contributed by atoms with van der Waals surface area (Å²) in [7, 11) is 4.10. The lowest BCUT2D eigenvalue weighted by Gasteiger charge is -2.25. The van der Waals surface area contributed by atoms with E-state index in [-0.39, 0.29) is 17.9 Å². The first-order chi connectivity index (χ1) is 7.99. The first-order valence-electron chi connectivity index (χ1n) is 6.65. The average Bonchev–Trinajstić information content (AvgIpc) is 2.67. The molecular weight excluding hydrogens is 214 g/mol. The van der Waals surface area contributed by atoms with Crippen LogP contribution >= 0.6 is 0 Å². The third kappa shape index (κ3) is 5.50. The Hall–Kier alpha value is -0.610. The maximum Gasteiger partial charge on any atom is 0.224 e. The number of rotatable bonds is 6. The van der Waals surface area contributed by atoms with Crippen LogP contribution in [0.2, 0.25) is 0 Å². The van der Waals surface area contributed by atoms with E-state index in [2.05, 4.69) is 43.5 Å². The molecule has 0 aromatic heterocycles. The van der Waals surface area contributed by atoms with Gasteiger partial charge in [-0.25, -0.2) is 0 Å². The van der Waals surface area contributed by atoms with Crippen molar-refractivity contribution in [2.24, 2.45) is 11.8 Å². The summed E-state index contributed by atoms with van der Waals surface area (Å²) >= 11 is 0. The van der Waals surface area contributed by atoms with Crippen molar-refractivity contribution in [2.45, 2.75) is 32.7 Å². The van der Waals surface area contributed by atoms with Crippen LogP contribution in [-0.2, 0) is 4.79 Å². The lowest BCUT2D eigenvalue weighted by atomic mass is 10.0. The Morgan fingerprint density at radius 2 is 2.18 bits per heavy atom. The molecule has 0 spiro atoms. The van der Waals surface area contributed by atoms with Gasteiger partial charge in [0.15, 0.2) is 0 Å². The van der Waals surface area contributed by atoms with Gasteiger partial charge in [-0.05, 0) is 39.4 Å². The summed E-state index contributed by atoms with van der Waals surface area (Å²) in [6, 6.07) is 0.276. The SMILES string of the molecule is CC(C)CC(CN(C)C)NC(=O)C1CCNC1. The van der Waals surface area contributed by atoms with Crippen molar-refractivity contribution in [2.75, 3.05) is 33.7 Å². The molecule has 2 N–H and O–H groups in total. The van der Waals surface area contributed by atoms with Gasteiger partial charge in [0.2, 0.25) is 5.91 Å². The van der Waals surface area contributed by atoms with Crippen LogP contribution in [0.25, 0.3) is 0 Å². The summed E-state index contributed by atoms with van der Waals surface area (Å²) in [5.41, 5.74) is 0. The fourth-order valence-corrected chi connectivity index (χ4v) is 2.39. The van der Waals surface area contributed by atoms with Crippen molar-refractivity contribution in [3.63, 3.8) is 0 Å². The Kier molecular flexibility index (Phi) is 5.92. The quantitative estimate of drug-likeness (QED) is 0.719. The standard InChI is InChI=1S/C13H27N3O/c1-10(2)7-12(9-16(3)4)15-13(17)11-5-6-14-8-11/h10-12,14H,5-9H2,1-4H3,(H,15,17). The molecule has 1 heterocycles. The molecule has 0 saturated carbocycles. The summed E-state index contributed by atoms with van der Waals surface area (Å²) in [4.78, 5) is 14.2. The van der Waals surface area contributed by atoms with Crippen molar-refractivity contribution in [3.8, 4) is 0 Å². The number of carbonyl (C=O) groups is 1. The second-order valence-electron chi connectivity index (χ2n) is 5.79. The molecule has 1 aliphatic rings. The average molecular weight is 241 g/mol. The zero-order chi connectivity index (χ0) is 12.8.